The van der Waals surface area contributed by atoms with Crippen LogP contribution in [0.15, 0.2) is 30.4 Å². The Bertz CT molecular complexity index is 709. The van der Waals surface area contributed by atoms with Gasteiger partial charge in [-0.15, -0.1) is 0 Å². The number of nitrogens with one attached hydrogen (secondary N) is 1. The van der Waals surface area contributed by atoms with Crippen LogP contribution in [0.4, 0.5) is 5.69 Å². The summed E-state index contributed by atoms with van der Waals surface area (Å²) in [7, 11) is 0. The fraction of sp³-hybridized carbons (Fsp3) is 0.474. The Morgan fingerprint density at radius 3 is 2.58 bits per heavy atom. The molecule has 1 saturated carbocycles. The maximum atomic E-state index is 12.6. The standard InChI is InChI=1S/C19H21ClN2O2/c20-16-6-5-14(19(24)22-7-1-2-8-22)11-17(16)21-18(23)15-10-12-3-4-13(15)9-12/h3-6,11-13,15H,1-2,7-10H2,(H,21,23)/t12-,13+,15+/m1/s1. The van der Waals surface area contributed by atoms with Crippen molar-refractivity contribution in [3.63, 3.8) is 0 Å². The summed E-state index contributed by atoms with van der Waals surface area (Å²) in [6, 6.07) is 5.14. The number of allylic oxidation sites excluding steroid dienone is 2. The van der Waals surface area contributed by atoms with Crippen LogP contribution in [0.25, 0.3) is 0 Å². The molecule has 5 heteroatoms. The third-order valence-corrected chi connectivity index (χ3v) is 5.81. The lowest BCUT2D eigenvalue weighted by molar-refractivity contribution is -0.120. The number of fused-ring (bicyclic) bond motifs is 2. The lowest BCUT2D eigenvalue weighted by Crippen LogP contribution is -2.28. The fourth-order valence-electron chi connectivity index (χ4n) is 4.16. The zero-order valence-corrected chi connectivity index (χ0v) is 14.3. The van der Waals surface area contributed by atoms with Gasteiger partial charge in [0.2, 0.25) is 5.91 Å². The molecule has 0 aromatic heterocycles. The molecular weight excluding hydrogens is 324 g/mol. The first kappa shape index (κ1) is 15.7. The van der Waals surface area contributed by atoms with Gasteiger partial charge in [0.15, 0.2) is 0 Å². The maximum Gasteiger partial charge on any atom is 0.253 e. The largest absolute Gasteiger partial charge is 0.339 e. The first-order valence-electron chi connectivity index (χ1n) is 8.70. The number of rotatable bonds is 3. The number of benzene rings is 1. The van der Waals surface area contributed by atoms with E-state index in [-0.39, 0.29) is 17.7 Å². The van der Waals surface area contributed by atoms with Gasteiger partial charge in [-0.3, -0.25) is 9.59 Å². The Morgan fingerprint density at radius 2 is 1.92 bits per heavy atom. The molecule has 1 N–H and O–H groups in total. The van der Waals surface area contributed by atoms with E-state index in [2.05, 4.69) is 17.5 Å². The van der Waals surface area contributed by atoms with Gasteiger partial charge in [0.25, 0.3) is 5.91 Å². The van der Waals surface area contributed by atoms with E-state index in [4.69, 9.17) is 11.6 Å². The average Bonchev–Trinajstić information content (AvgIpc) is 3.33. The second-order valence-corrected chi connectivity index (χ2v) is 7.48. The van der Waals surface area contributed by atoms with Gasteiger partial charge in [0.05, 0.1) is 10.7 Å². The van der Waals surface area contributed by atoms with Gasteiger partial charge < -0.3 is 10.2 Å². The maximum absolute atomic E-state index is 12.6. The normalized spacial score (nSPS) is 27.7. The molecule has 3 aliphatic rings. The number of likely N-dealkylation sites (tertiary alicyclic amines) is 1. The molecule has 126 valence electrons. The van der Waals surface area contributed by atoms with E-state index in [1.807, 2.05) is 4.90 Å². The number of carbonyl (C=O) groups excluding carboxylic acids is 2. The zero-order valence-electron chi connectivity index (χ0n) is 13.5. The summed E-state index contributed by atoms with van der Waals surface area (Å²) in [5.74, 6) is 0.948. The third kappa shape index (κ3) is 2.84. The van der Waals surface area contributed by atoms with Crippen LogP contribution in [0.3, 0.4) is 0 Å². The monoisotopic (exact) mass is 344 g/mol. The minimum absolute atomic E-state index is 0.0134. The highest BCUT2D eigenvalue weighted by atomic mass is 35.5. The highest BCUT2D eigenvalue weighted by Gasteiger charge is 2.39. The zero-order chi connectivity index (χ0) is 16.7. The topological polar surface area (TPSA) is 49.4 Å². The molecule has 0 radical (unpaired) electrons. The van der Waals surface area contributed by atoms with Gasteiger partial charge >= 0.3 is 0 Å². The molecule has 1 heterocycles. The number of hydrogen-bond donors (Lipinski definition) is 1. The number of anilines is 1. The fourth-order valence-corrected chi connectivity index (χ4v) is 4.33. The summed E-state index contributed by atoms with van der Waals surface area (Å²) in [6.07, 6.45) is 8.49. The Kier molecular flexibility index (Phi) is 4.09. The average molecular weight is 345 g/mol. The van der Waals surface area contributed by atoms with Crippen molar-refractivity contribution in [1.29, 1.82) is 0 Å². The van der Waals surface area contributed by atoms with E-state index in [1.54, 1.807) is 18.2 Å². The van der Waals surface area contributed by atoms with Gasteiger partial charge in [-0.1, -0.05) is 23.8 Å². The van der Waals surface area contributed by atoms with Crippen molar-refractivity contribution in [2.24, 2.45) is 17.8 Å². The molecule has 1 aliphatic heterocycles. The molecule has 4 rings (SSSR count). The molecule has 0 spiro atoms. The van der Waals surface area contributed by atoms with Gasteiger partial charge in [0.1, 0.15) is 0 Å². The summed E-state index contributed by atoms with van der Waals surface area (Å²) in [4.78, 5) is 27.0. The lowest BCUT2D eigenvalue weighted by Gasteiger charge is -2.19. The van der Waals surface area contributed by atoms with Crippen molar-refractivity contribution < 1.29 is 9.59 Å². The molecule has 1 aromatic carbocycles. The number of amides is 2. The smallest absolute Gasteiger partial charge is 0.253 e. The quantitative estimate of drug-likeness (QED) is 0.849. The summed E-state index contributed by atoms with van der Waals surface area (Å²) in [5, 5.41) is 3.42. The Morgan fingerprint density at radius 1 is 1.12 bits per heavy atom. The van der Waals surface area contributed by atoms with Crippen molar-refractivity contribution in [3.8, 4) is 0 Å². The van der Waals surface area contributed by atoms with Crippen LogP contribution in [-0.2, 0) is 4.79 Å². The van der Waals surface area contributed by atoms with E-state index in [0.717, 1.165) is 38.8 Å². The van der Waals surface area contributed by atoms with Crippen molar-refractivity contribution in [3.05, 3.63) is 40.9 Å². The lowest BCUT2D eigenvalue weighted by atomic mass is 9.93. The Labute approximate surface area is 146 Å². The predicted molar refractivity (Wildman–Crippen MR) is 94.1 cm³/mol. The van der Waals surface area contributed by atoms with E-state index in [9.17, 15) is 9.59 Å². The van der Waals surface area contributed by atoms with Crippen LogP contribution < -0.4 is 5.32 Å². The Hall–Kier alpha value is -1.81. The molecule has 24 heavy (non-hydrogen) atoms. The predicted octanol–water partition coefficient (Wildman–Crippen LogP) is 3.73. The van der Waals surface area contributed by atoms with E-state index < -0.39 is 0 Å². The Balaban J connectivity index is 1.50. The van der Waals surface area contributed by atoms with E-state index >= 15 is 0 Å². The minimum Gasteiger partial charge on any atom is -0.339 e. The second kappa shape index (κ2) is 6.25. The number of halogens is 1. The van der Waals surface area contributed by atoms with Gasteiger partial charge in [0, 0.05) is 24.6 Å². The van der Waals surface area contributed by atoms with Crippen LogP contribution in [0.2, 0.25) is 5.02 Å². The van der Waals surface area contributed by atoms with Crippen molar-refractivity contribution in [1.82, 2.24) is 4.90 Å². The molecular formula is C19H21ClN2O2. The van der Waals surface area contributed by atoms with Crippen LogP contribution in [0, 0.1) is 17.8 Å². The summed E-state index contributed by atoms with van der Waals surface area (Å²) in [6.45, 7) is 1.61. The number of hydrogen-bond acceptors (Lipinski definition) is 2. The van der Waals surface area contributed by atoms with Crippen molar-refractivity contribution in [2.75, 3.05) is 18.4 Å². The van der Waals surface area contributed by atoms with Crippen molar-refractivity contribution >= 4 is 29.1 Å². The molecule has 2 bridgehead atoms. The van der Waals surface area contributed by atoms with Gasteiger partial charge in [-0.2, -0.15) is 0 Å². The molecule has 2 aliphatic carbocycles. The molecule has 1 aromatic rings. The minimum atomic E-state index is 0.0134. The van der Waals surface area contributed by atoms with E-state index in [1.165, 1.54) is 0 Å². The highest BCUT2D eigenvalue weighted by molar-refractivity contribution is 6.34. The van der Waals surface area contributed by atoms with E-state index in [0.29, 0.717) is 28.1 Å². The van der Waals surface area contributed by atoms with Crippen LogP contribution in [0.1, 0.15) is 36.0 Å². The molecule has 4 nitrogen and oxygen atoms in total. The first-order valence-corrected chi connectivity index (χ1v) is 9.07. The molecule has 2 fully saturated rings. The molecule has 0 unspecified atom stereocenters. The highest BCUT2D eigenvalue weighted by Crippen LogP contribution is 2.44. The van der Waals surface area contributed by atoms with Gasteiger partial charge in [-0.05, 0) is 55.7 Å². The summed E-state index contributed by atoms with van der Waals surface area (Å²) < 4.78 is 0. The van der Waals surface area contributed by atoms with Crippen LogP contribution in [0.5, 0.6) is 0 Å². The van der Waals surface area contributed by atoms with Gasteiger partial charge in [-0.25, -0.2) is 0 Å². The second-order valence-electron chi connectivity index (χ2n) is 7.07. The van der Waals surface area contributed by atoms with Crippen LogP contribution in [-0.4, -0.2) is 29.8 Å². The summed E-state index contributed by atoms with van der Waals surface area (Å²) in [5.41, 5.74) is 1.13. The van der Waals surface area contributed by atoms with Crippen molar-refractivity contribution in [2.45, 2.75) is 25.7 Å². The summed E-state index contributed by atoms with van der Waals surface area (Å²) >= 11 is 6.24. The third-order valence-electron chi connectivity index (χ3n) is 5.48. The SMILES string of the molecule is O=C(Nc1cc(C(=O)N2CCCC2)ccc1Cl)[C@H]1C[C@@H]2C=C[C@H]1C2. The molecule has 3 atom stereocenters. The number of nitrogens with zero attached hydrogens (tertiary/aromatic N) is 1. The van der Waals surface area contributed by atoms with Crippen LogP contribution >= 0.6 is 11.6 Å². The number of carbonyl (C=O) groups is 2. The first-order chi connectivity index (χ1) is 11.6. The molecule has 2 amide bonds. The molecule has 1 saturated heterocycles.